The minimum atomic E-state index is 0.274. The molecule has 0 saturated carbocycles. The van der Waals surface area contributed by atoms with Crippen LogP contribution in [-0.4, -0.2) is 22.8 Å². The third-order valence-electron chi connectivity index (χ3n) is 2.58. The zero-order valence-corrected chi connectivity index (χ0v) is 11.9. The van der Waals surface area contributed by atoms with Crippen LogP contribution in [0.1, 0.15) is 6.92 Å². The topological polar surface area (TPSA) is 29.0 Å². The largest absolute Gasteiger partial charge is 0.317 e. The van der Waals surface area contributed by atoms with E-state index in [2.05, 4.69) is 39.6 Å². The lowest BCUT2D eigenvalue weighted by atomic mass is 10.1. The fourth-order valence-corrected chi connectivity index (χ4v) is 2.45. The lowest BCUT2D eigenvalue weighted by Crippen LogP contribution is -2.11. The first-order valence-electron chi connectivity index (χ1n) is 5.65. The first-order valence-corrected chi connectivity index (χ1v) is 7.21. The van der Waals surface area contributed by atoms with E-state index < -0.39 is 0 Å². The van der Waals surface area contributed by atoms with Crippen LogP contribution in [0.5, 0.6) is 0 Å². The molecule has 18 heavy (non-hydrogen) atoms. The smallest absolute Gasteiger partial charge is 0.222 e. The van der Waals surface area contributed by atoms with Crippen molar-refractivity contribution in [1.29, 1.82) is 0 Å². The second kappa shape index (κ2) is 6.07. The van der Waals surface area contributed by atoms with E-state index in [0.717, 1.165) is 17.8 Å². The van der Waals surface area contributed by atoms with Crippen LogP contribution in [0.2, 0.25) is 5.28 Å². The normalized spacial score (nSPS) is 10.4. The van der Waals surface area contributed by atoms with Crippen LogP contribution in [0, 0.1) is 0 Å². The summed E-state index contributed by atoms with van der Waals surface area (Å²) in [5.41, 5.74) is 3.07. The second-order valence-corrected chi connectivity index (χ2v) is 4.78. The highest BCUT2D eigenvalue weighted by atomic mass is 35.5. The maximum absolute atomic E-state index is 5.79. The van der Waals surface area contributed by atoms with Gasteiger partial charge >= 0.3 is 0 Å². The summed E-state index contributed by atoms with van der Waals surface area (Å²) in [7, 11) is 0. The molecule has 0 bridgehead atoms. The molecule has 0 amide bonds. The number of halogens is 1. The summed E-state index contributed by atoms with van der Waals surface area (Å²) >= 11 is 7.50. The van der Waals surface area contributed by atoms with Crippen molar-refractivity contribution in [1.82, 2.24) is 9.97 Å². The summed E-state index contributed by atoms with van der Waals surface area (Å²) in [6.45, 7) is 3.11. The standard InChI is InChI=1S/C13H14ClN3S/c1-3-17(18-2)11-6-4-10(5-7-11)12-8-9-15-13(14)16-12/h4-9H,3H2,1-2H3. The van der Waals surface area contributed by atoms with Crippen LogP contribution in [0.25, 0.3) is 11.3 Å². The Balaban J connectivity index is 2.27. The summed E-state index contributed by atoms with van der Waals surface area (Å²) in [6.07, 6.45) is 3.74. The maximum atomic E-state index is 5.79. The molecule has 1 heterocycles. The van der Waals surface area contributed by atoms with Crippen molar-refractivity contribution in [3.63, 3.8) is 0 Å². The number of benzene rings is 1. The number of hydrogen-bond acceptors (Lipinski definition) is 4. The average Bonchev–Trinajstić information content (AvgIpc) is 2.41. The summed E-state index contributed by atoms with van der Waals surface area (Å²) < 4.78 is 2.22. The Bertz CT molecular complexity index is 512. The van der Waals surface area contributed by atoms with E-state index in [9.17, 15) is 0 Å². The first-order chi connectivity index (χ1) is 8.74. The van der Waals surface area contributed by atoms with Crippen LogP contribution in [0.4, 0.5) is 5.69 Å². The average molecular weight is 280 g/mol. The fraction of sp³-hybridized carbons (Fsp3) is 0.231. The maximum Gasteiger partial charge on any atom is 0.222 e. The molecule has 0 unspecified atom stereocenters. The second-order valence-electron chi connectivity index (χ2n) is 3.64. The lowest BCUT2D eigenvalue weighted by Gasteiger charge is -2.19. The highest BCUT2D eigenvalue weighted by Crippen LogP contribution is 2.24. The van der Waals surface area contributed by atoms with Gasteiger partial charge in [-0.05, 0) is 36.7 Å². The molecule has 2 rings (SSSR count). The molecular weight excluding hydrogens is 266 g/mol. The molecule has 3 nitrogen and oxygen atoms in total. The molecule has 5 heteroatoms. The van der Waals surface area contributed by atoms with Gasteiger partial charge in [-0.25, -0.2) is 9.97 Å². The van der Waals surface area contributed by atoms with Crippen molar-refractivity contribution < 1.29 is 0 Å². The zero-order valence-electron chi connectivity index (χ0n) is 10.3. The molecule has 0 aliphatic carbocycles. The van der Waals surface area contributed by atoms with Crippen molar-refractivity contribution in [3.05, 3.63) is 41.8 Å². The molecule has 0 aliphatic heterocycles. The highest BCUT2D eigenvalue weighted by molar-refractivity contribution is 7.99. The molecule has 2 aromatic rings. The van der Waals surface area contributed by atoms with Crippen molar-refractivity contribution in [2.75, 3.05) is 17.1 Å². The SMILES string of the molecule is CCN(SC)c1ccc(-c2ccnc(Cl)n2)cc1. The van der Waals surface area contributed by atoms with Gasteiger partial charge in [-0.3, -0.25) is 0 Å². The van der Waals surface area contributed by atoms with Crippen molar-refractivity contribution in [3.8, 4) is 11.3 Å². The Hall–Kier alpha value is -1.26. The third kappa shape index (κ3) is 2.94. The Morgan fingerprint density at radius 1 is 1.22 bits per heavy atom. The molecule has 0 N–H and O–H groups in total. The van der Waals surface area contributed by atoms with Crippen molar-refractivity contribution in [2.45, 2.75) is 6.92 Å². The number of aromatic nitrogens is 2. The predicted molar refractivity (Wildman–Crippen MR) is 79.0 cm³/mol. The van der Waals surface area contributed by atoms with Crippen LogP contribution in [0.15, 0.2) is 36.5 Å². The van der Waals surface area contributed by atoms with E-state index in [0.29, 0.717) is 0 Å². The van der Waals surface area contributed by atoms with Gasteiger partial charge in [0.15, 0.2) is 0 Å². The molecule has 0 radical (unpaired) electrons. The van der Waals surface area contributed by atoms with E-state index >= 15 is 0 Å². The molecule has 0 saturated heterocycles. The quantitative estimate of drug-likeness (QED) is 0.627. The van der Waals surface area contributed by atoms with Gasteiger partial charge in [0.05, 0.1) is 5.69 Å². The van der Waals surface area contributed by atoms with E-state index in [1.807, 2.05) is 18.2 Å². The number of nitrogens with zero attached hydrogens (tertiary/aromatic N) is 3. The number of rotatable bonds is 4. The lowest BCUT2D eigenvalue weighted by molar-refractivity contribution is 1.11. The third-order valence-corrected chi connectivity index (χ3v) is 3.68. The van der Waals surface area contributed by atoms with Crippen LogP contribution >= 0.6 is 23.5 Å². The number of hydrogen-bond donors (Lipinski definition) is 0. The molecule has 0 spiro atoms. The van der Waals surface area contributed by atoms with E-state index in [-0.39, 0.29) is 5.28 Å². The Labute approximate surface area is 116 Å². The molecule has 0 fully saturated rings. The van der Waals surface area contributed by atoms with Crippen molar-refractivity contribution >= 4 is 29.2 Å². The Kier molecular flexibility index (Phi) is 4.44. The minimum absolute atomic E-state index is 0.274. The highest BCUT2D eigenvalue weighted by Gasteiger charge is 2.04. The Morgan fingerprint density at radius 3 is 2.50 bits per heavy atom. The van der Waals surface area contributed by atoms with Crippen LogP contribution < -0.4 is 4.31 Å². The monoisotopic (exact) mass is 279 g/mol. The molecule has 1 aromatic carbocycles. The van der Waals surface area contributed by atoms with Crippen LogP contribution in [-0.2, 0) is 0 Å². The van der Waals surface area contributed by atoms with Gasteiger partial charge in [-0.15, -0.1) is 0 Å². The zero-order chi connectivity index (χ0) is 13.0. The summed E-state index contributed by atoms with van der Waals surface area (Å²) in [5.74, 6) is 0. The predicted octanol–water partition coefficient (Wildman–Crippen LogP) is 3.90. The van der Waals surface area contributed by atoms with Gasteiger partial charge in [-0.1, -0.05) is 24.1 Å². The molecular formula is C13H14ClN3S. The van der Waals surface area contributed by atoms with Gasteiger partial charge < -0.3 is 4.31 Å². The van der Waals surface area contributed by atoms with E-state index in [1.165, 1.54) is 5.69 Å². The minimum Gasteiger partial charge on any atom is -0.317 e. The van der Waals surface area contributed by atoms with E-state index in [1.54, 1.807) is 18.1 Å². The molecule has 0 aliphatic rings. The van der Waals surface area contributed by atoms with E-state index in [4.69, 9.17) is 11.6 Å². The first kappa shape index (κ1) is 13.2. The van der Waals surface area contributed by atoms with Gasteiger partial charge in [0.2, 0.25) is 5.28 Å². The van der Waals surface area contributed by atoms with Crippen molar-refractivity contribution in [2.24, 2.45) is 0 Å². The Morgan fingerprint density at radius 2 is 1.94 bits per heavy atom. The summed E-state index contributed by atoms with van der Waals surface area (Å²) in [4.78, 5) is 8.07. The molecule has 0 atom stereocenters. The fourth-order valence-electron chi connectivity index (χ4n) is 1.71. The molecule has 94 valence electrons. The van der Waals surface area contributed by atoms with Gasteiger partial charge in [0, 0.05) is 30.2 Å². The van der Waals surface area contributed by atoms with Gasteiger partial charge in [-0.2, -0.15) is 0 Å². The van der Waals surface area contributed by atoms with Crippen LogP contribution in [0.3, 0.4) is 0 Å². The number of anilines is 1. The summed E-state index contributed by atoms with van der Waals surface area (Å²) in [5, 5.41) is 0.274. The summed E-state index contributed by atoms with van der Waals surface area (Å²) in [6, 6.07) is 10.1. The molecule has 1 aromatic heterocycles. The van der Waals surface area contributed by atoms with Gasteiger partial charge in [0.25, 0.3) is 0 Å². The van der Waals surface area contributed by atoms with Gasteiger partial charge in [0.1, 0.15) is 0 Å².